The van der Waals surface area contributed by atoms with E-state index < -0.39 is 6.61 Å². The van der Waals surface area contributed by atoms with Crippen LogP contribution >= 0.6 is 17.0 Å². The van der Waals surface area contributed by atoms with Crippen LogP contribution in [0.3, 0.4) is 0 Å². The van der Waals surface area contributed by atoms with Gasteiger partial charge in [-0.2, -0.15) is 13.3 Å². The van der Waals surface area contributed by atoms with Crippen molar-refractivity contribution < 1.29 is 18.1 Å². The van der Waals surface area contributed by atoms with Crippen LogP contribution in [0.25, 0.3) is 16.9 Å². The quantitative estimate of drug-likeness (QED) is 0.505. The number of halogens is 3. The first kappa shape index (κ1) is 19.5. The van der Waals surface area contributed by atoms with Crippen LogP contribution in [0.2, 0.25) is 0 Å². The molecule has 142 valence electrons. The first-order chi connectivity index (χ1) is 12.7. The summed E-state index contributed by atoms with van der Waals surface area (Å²) in [6, 6.07) is 17.1. The Bertz CT molecular complexity index is 879. The van der Waals surface area contributed by atoms with Gasteiger partial charge in [-0.3, -0.25) is 0 Å². The van der Waals surface area contributed by atoms with Gasteiger partial charge in [-0.15, -0.1) is 17.0 Å². The average Bonchev–Trinajstić information content (AvgIpc) is 2.85. The zero-order chi connectivity index (χ0) is 17.9. The summed E-state index contributed by atoms with van der Waals surface area (Å²) in [4.78, 5) is 0. The largest absolute Gasteiger partial charge is 0.435 e. The molecular weight excluding hydrogens is 414 g/mol. The molecule has 1 aliphatic rings. The number of alkyl halides is 2. The molecule has 0 saturated carbocycles. The molecule has 27 heavy (non-hydrogen) atoms. The summed E-state index contributed by atoms with van der Waals surface area (Å²) < 4.78 is 33.9. The smallest absolute Gasteiger partial charge is 0.387 e. The van der Waals surface area contributed by atoms with Crippen molar-refractivity contribution >= 4 is 17.0 Å². The van der Waals surface area contributed by atoms with E-state index in [0.29, 0.717) is 0 Å². The van der Waals surface area contributed by atoms with Crippen molar-refractivity contribution in [3.63, 3.8) is 0 Å². The van der Waals surface area contributed by atoms with Gasteiger partial charge in [-0.05, 0) is 43.5 Å². The Balaban J connectivity index is 0.00000210. The zero-order valence-electron chi connectivity index (χ0n) is 14.9. The van der Waals surface area contributed by atoms with Gasteiger partial charge in [0.2, 0.25) is 0 Å². The Kier molecular flexibility index (Phi) is 6.26. The highest BCUT2D eigenvalue weighted by atomic mass is 79.9. The number of fused-ring (bicyclic) bond motifs is 1. The van der Waals surface area contributed by atoms with Crippen molar-refractivity contribution in [3.05, 3.63) is 66.6 Å². The van der Waals surface area contributed by atoms with Crippen molar-refractivity contribution in [3.8, 4) is 22.7 Å². The fourth-order valence-electron chi connectivity index (χ4n) is 3.62. The highest BCUT2D eigenvalue weighted by Gasteiger charge is 2.27. The van der Waals surface area contributed by atoms with Crippen LogP contribution < -0.4 is 9.30 Å². The number of ether oxygens (including phenoxy) is 1. The van der Waals surface area contributed by atoms with Crippen LogP contribution in [0, 0.1) is 0 Å². The molecule has 0 atom stereocenters. The van der Waals surface area contributed by atoms with Crippen LogP contribution in [0.1, 0.15) is 25.1 Å². The first-order valence-corrected chi connectivity index (χ1v) is 8.97. The molecule has 3 aromatic rings. The summed E-state index contributed by atoms with van der Waals surface area (Å²) in [6.45, 7) is -1.80. The highest BCUT2D eigenvalue weighted by Crippen LogP contribution is 2.27. The van der Waals surface area contributed by atoms with Gasteiger partial charge in [-0.1, -0.05) is 30.3 Å². The molecule has 0 spiro atoms. The molecule has 0 bridgehead atoms. The van der Waals surface area contributed by atoms with Crippen LogP contribution in [0.5, 0.6) is 5.75 Å². The molecule has 2 aromatic carbocycles. The minimum atomic E-state index is -2.81. The molecule has 0 saturated heterocycles. The molecule has 0 amide bonds. The first-order valence-electron chi connectivity index (χ1n) is 8.97. The van der Waals surface area contributed by atoms with Crippen LogP contribution in [-0.4, -0.2) is 11.2 Å². The lowest BCUT2D eigenvalue weighted by Gasteiger charge is -2.07. The van der Waals surface area contributed by atoms with Crippen molar-refractivity contribution in [2.45, 2.75) is 38.8 Å². The number of imidazole rings is 1. The molecule has 0 unspecified atom stereocenters. The standard InChI is InChI=1S/C21H21F2N2O.BrH/c22-21(23)26-18-12-10-17(11-13-18)25-19(16-7-3-1-4-8-16)15-24-14-6-2-5-9-20(24)25;/h1,3-4,7-8,10-13,15,21H,2,5-6,9,14H2;1H/q+1;. The minimum Gasteiger partial charge on any atom is -0.435 e. The van der Waals surface area contributed by atoms with E-state index in [1.54, 1.807) is 12.1 Å². The second-order valence-corrected chi connectivity index (χ2v) is 6.51. The van der Waals surface area contributed by atoms with E-state index >= 15 is 0 Å². The van der Waals surface area contributed by atoms with Gasteiger partial charge < -0.3 is 4.74 Å². The lowest BCUT2D eigenvalue weighted by atomic mass is 10.1. The maximum atomic E-state index is 12.4. The number of hydrogen-bond donors (Lipinski definition) is 0. The number of benzene rings is 2. The summed E-state index contributed by atoms with van der Waals surface area (Å²) in [6.07, 6.45) is 6.77. The fraction of sp³-hybridized carbons (Fsp3) is 0.286. The Labute approximate surface area is 168 Å². The number of aryl methyl sites for hydroxylation is 1. The molecule has 0 fully saturated rings. The Hall–Kier alpha value is -2.21. The third kappa shape index (κ3) is 4.21. The summed E-state index contributed by atoms with van der Waals surface area (Å²) in [5.74, 6) is 1.43. The fourth-order valence-corrected chi connectivity index (χ4v) is 3.62. The number of hydrogen-bond acceptors (Lipinski definition) is 1. The van der Waals surface area contributed by atoms with E-state index in [9.17, 15) is 8.78 Å². The monoisotopic (exact) mass is 435 g/mol. The maximum Gasteiger partial charge on any atom is 0.387 e. The summed E-state index contributed by atoms with van der Waals surface area (Å²) in [5, 5.41) is 0. The lowest BCUT2D eigenvalue weighted by molar-refractivity contribution is -0.702. The molecule has 0 N–H and O–H groups in total. The van der Waals surface area contributed by atoms with Crippen LogP contribution in [0.4, 0.5) is 8.78 Å². The van der Waals surface area contributed by atoms with Crippen molar-refractivity contribution in [2.24, 2.45) is 0 Å². The van der Waals surface area contributed by atoms with Crippen molar-refractivity contribution in [2.75, 3.05) is 0 Å². The Morgan fingerprint density at radius 2 is 1.67 bits per heavy atom. The third-order valence-corrected chi connectivity index (χ3v) is 4.80. The van der Waals surface area contributed by atoms with Gasteiger partial charge in [0.25, 0.3) is 5.82 Å². The van der Waals surface area contributed by atoms with Crippen molar-refractivity contribution in [1.82, 2.24) is 4.57 Å². The van der Waals surface area contributed by atoms with Gasteiger partial charge in [0, 0.05) is 12.0 Å². The van der Waals surface area contributed by atoms with Crippen LogP contribution in [-0.2, 0) is 13.0 Å². The average molecular weight is 436 g/mol. The highest BCUT2D eigenvalue weighted by molar-refractivity contribution is 8.93. The molecule has 6 heteroatoms. The number of nitrogens with zero attached hydrogens (tertiary/aromatic N) is 2. The number of rotatable bonds is 4. The van der Waals surface area contributed by atoms with E-state index in [1.807, 2.05) is 30.3 Å². The second kappa shape index (κ2) is 8.65. The Morgan fingerprint density at radius 3 is 2.37 bits per heavy atom. The van der Waals surface area contributed by atoms with E-state index in [4.69, 9.17) is 0 Å². The Morgan fingerprint density at radius 1 is 0.926 bits per heavy atom. The molecule has 1 aliphatic heterocycles. The van der Waals surface area contributed by atoms with E-state index in [-0.39, 0.29) is 22.7 Å². The predicted octanol–water partition coefficient (Wildman–Crippen LogP) is 5.34. The molecule has 0 aliphatic carbocycles. The summed E-state index contributed by atoms with van der Waals surface area (Å²) >= 11 is 0. The lowest BCUT2D eigenvalue weighted by Crippen LogP contribution is -2.35. The van der Waals surface area contributed by atoms with E-state index in [1.165, 1.54) is 18.7 Å². The minimum absolute atomic E-state index is 0. The van der Waals surface area contributed by atoms with E-state index in [0.717, 1.165) is 36.3 Å². The maximum absolute atomic E-state index is 12.4. The molecule has 4 rings (SSSR count). The molecule has 2 heterocycles. The topological polar surface area (TPSA) is 18.0 Å². The second-order valence-electron chi connectivity index (χ2n) is 6.51. The summed E-state index contributed by atoms with van der Waals surface area (Å²) in [5.41, 5.74) is 3.21. The third-order valence-electron chi connectivity index (χ3n) is 4.80. The van der Waals surface area contributed by atoms with E-state index in [2.05, 4.69) is 32.2 Å². The molecule has 1 aromatic heterocycles. The number of aromatic nitrogens is 2. The SMILES string of the molecule is Br.FC(F)Oc1ccc(-n2c(-c3ccccc3)c[n+]3c2CCCCC3)cc1. The molecule has 3 nitrogen and oxygen atoms in total. The van der Waals surface area contributed by atoms with Crippen LogP contribution in [0.15, 0.2) is 60.8 Å². The predicted molar refractivity (Wildman–Crippen MR) is 106 cm³/mol. The van der Waals surface area contributed by atoms with Gasteiger partial charge in [-0.25, -0.2) is 4.57 Å². The molecule has 0 radical (unpaired) electrons. The van der Waals surface area contributed by atoms with Gasteiger partial charge in [0.1, 0.15) is 17.6 Å². The van der Waals surface area contributed by atoms with Gasteiger partial charge in [0.15, 0.2) is 5.69 Å². The normalized spacial score (nSPS) is 13.6. The molecular formula is C21H22BrF2N2O+. The van der Waals surface area contributed by atoms with Gasteiger partial charge in [0.05, 0.1) is 6.54 Å². The van der Waals surface area contributed by atoms with Crippen molar-refractivity contribution in [1.29, 1.82) is 0 Å². The zero-order valence-corrected chi connectivity index (χ0v) is 16.6. The van der Waals surface area contributed by atoms with Gasteiger partial charge >= 0.3 is 6.61 Å². The summed E-state index contributed by atoms with van der Waals surface area (Å²) in [7, 11) is 0.